The number of sulfone groups is 1. The minimum Gasteiger partial charge on any atom is -0.382 e. The van der Waals surface area contributed by atoms with Crippen molar-refractivity contribution in [2.45, 2.75) is 17.7 Å². The molecule has 0 bridgehead atoms. The van der Waals surface area contributed by atoms with E-state index in [1.165, 1.54) is 0 Å². The third-order valence-electron chi connectivity index (χ3n) is 2.36. The van der Waals surface area contributed by atoms with Crippen LogP contribution in [0.25, 0.3) is 0 Å². The summed E-state index contributed by atoms with van der Waals surface area (Å²) in [5.74, 6) is 0.0818. The molecule has 1 heterocycles. The second-order valence-corrected chi connectivity index (χ2v) is 7.16. The van der Waals surface area contributed by atoms with Crippen LogP contribution < -0.4 is 11.1 Å². The Balaban J connectivity index is 2.54. The Bertz CT molecular complexity index is 482. The molecule has 0 radical (unpaired) electrons. The smallest absolute Gasteiger partial charge is 0.182 e. The van der Waals surface area contributed by atoms with Crippen molar-refractivity contribution in [1.29, 1.82) is 0 Å². The lowest BCUT2D eigenvalue weighted by molar-refractivity contribution is 0.396. The normalized spacial score (nSPS) is 12.0. The molecule has 1 rings (SSSR count). The lowest BCUT2D eigenvalue weighted by Crippen LogP contribution is -2.14. The lowest BCUT2D eigenvalue weighted by atomic mass is 10.3. The molecule has 0 fully saturated rings. The number of nitrogens with two attached hydrogens (primary N) is 1. The molecule has 0 aliphatic heterocycles. The van der Waals surface area contributed by atoms with Crippen molar-refractivity contribution in [2.75, 3.05) is 44.5 Å². The van der Waals surface area contributed by atoms with Gasteiger partial charge < -0.3 is 16.0 Å². The molecule has 0 saturated heterocycles. The fourth-order valence-electron chi connectivity index (χ4n) is 1.52. The van der Waals surface area contributed by atoms with Gasteiger partial charge in [0.25, 0.3) is 0 Å². The standard InChI is InChI=1S/C10H20N4O2S2/c1-14(2)7-5-4-6-12-10-8(18(3,15)16)9(11)13-17-10/h12H,4-7H2,1-3H3,(H2,11,13). The van der Waals surface area contributed by atoms with Crippen molar-refractivity contribution in [2.24, 2.45) is 0 Å². The second kappa shape index (κ2) is 6.35. The quantitative estimate of drug-likeness (QED) is 0.725. The third kappa shape index (κ3) is 4.43. The Labute approximate surface area is 112 Å². The monoisotopic (exact) mass is 292 g/mol. The highest BCUT2D eigenvalue weighted by atomic mass is 32.2. The molecule has 18 heavy (non-hydrogen) atoms. The zero-order valence-electron chi connectivity index (χ0n) is 10.9. The molecule has 104 valence electrons. The van der Waals surface area contributed by atoms with E-state index in [4.69, 9.17) is 5.73 Å². The third-order valence-corrected chi connectivity index (χ3v) is 4.47. The van der Waals surface area contributed by atoms with E-state index in [1.807, 2.05) is 14.1 Å². The summed E-state index contributed by atoms with van der Waals surface area (Å²) < 4.78 is 27.0. The predicted octanol–water partition coefficient (Wildman–Crippen LogP) is 0.883. The van der Waals surface area contributed by atoms with E-state index in [1.54, 1.807) is 0 Å². The maximum atomic E-state index is 11.6. The highest BCUT2D eigenvalue weighted by molar-refractivity contribution is 7.91. The molecule has 3 N–H and O–H groups in total. The number of rotatable bonds is 7. The van der Waals surface area contributed by atoms with Crippen LogP contribution in [-0.2, 0) is 9.84 Å². The SMILES string of the molecule is CN(C)CCCCNc1snc(N)c1S(C)(=O)=O. The van der Waals surface area contributed by atoms with Crippen molar-refractivity contribution in [3.05, 3.63) is 0 Å². The molecule has 0 saturated carbocycles. The first-order valence-corrected chi connectivity index (χ1v) is 8.32. The summed E-state index contributed by atoms with van der Waals surface area (Å²) in [5, 5.41) is 3.63. The van der Waals surface area contributed by atoms with Gasteiger partial charge in [-0.2, -0.15) is 4.37 Å². The summed E-state index contributed by atoms with van der Waals surface area (Å²) in [6.45, 7) is 1.74. The zero-order valence-corrected chi connectivity index (χ0v) is 12.6. The van der Waals surface area contributed by atoms with Gasteiger partial charge in [-0.15, -0.1) is 0 Å². The Hall–Kier alpha value is -0.860. The van der Waals surface area contributed by atoms with Crippen LogP contribution in [0.4, 0.5) is 10.8 Å². The van der Waals surface area contributed by atoms with Crippen LogP contribution in [0.2, 0.25) is 0 Å². The summed E-state index contributed by atoms with van der Waals surface area (Å²) in [4.78, 5) is 2.24. The minimum atomic E-state index is -3.32. The largest absolute Gasteiger partial charge is 0.382 e. The number of aromatic nitrogens is 1. The fraction of sp³-hybridized carbons (Fsp3) is 0.700. The number of hydrogen-bond acceptors (Lipinski definition) is 7. The summed E-state index contributed by atoms with van der Waals surface area (Å²) in [7, 11) is 0.729. The van der Waals surface area contributed by atoms with Crippen LogP contribution >= 0.6 is 11.5 Å². The first-order chi connectivity index (χ1) is 8.32. The van der Waals surface area contributed by atoms with Crippen molar-refractivity contribution >= 4 is 32.2 Å². The van der Waals surface area contributed by atoms with Gasteiger partial charge in [-0.25, -0.2) is 8.42 Å². The highest BCUT2D eigenvalue weighted by Gasteiger charge is 2.20. The summed E-state index contributed by atoms with van der Waals surface area (Å²) in [6, 6.07) is 0. The Morgan fingerprint density at radius 1 is 1.39 bits per heavy atom. The molecular formula is C10H20N4O2S2. The van der Waals surface area contributed by atoms with Crippen molar-refractivity contribution in [3.63, 3.8) is 0 Å². The lowest BCUT2D eigenvalue weighted by Gasteiger charge is -2.09. The fourth-order valence-corrected chi connectivity index (χ4v) is 3.61. The van der Waals surface area contributed by atoms with Crippen molar-refractivity contribution in [3.8, 4) is 0 Å². The first-order valence-electron chi connectivity index (χ1n) is 5.66. The minimum absolute atomic E-state index is 0.0818. The van der Waals surface area contributed by atoms with Gasteiger partial charge in [0.05, 0.1) is 0 Å². The van der Waals surface area contributed by atoms with E-state index in [9.17, 15) is 8.42 Å². The van der Waals surface area contributed by atoms with Gasteiger partial charge >= 0.3 is 0 Å². The van der Waals surface area contributed by atoms with Crippen LogP contribution in [0, 0.1) is 0 Å². The molecule has 0 aromatic carbocycles. The Morgan fingerprint density at radius 2 is 2.06 bits per heavy atom. The van der Waals surface area contributed by atoms with E-state index in [0.717, 1.165) is 43.7 Å². The average Bonchev–Trinajstić information content (AvgIpc) is 2.58. The van der Waals surface area contributed by atoms with Crippen molar-refractivity contribution < 1.29 is 8.42 Å². The number of nitrogen functional groups attached to an aromatic ring is 1. The number of anilines is 2. The molecule has 1 aromatic rings. The van der Waals surface area contributed by atoms with Crippen LogP contribution in [0.5, 0.6) is 0 Å². The predicted molar refractivity (Wildman–Crippen MR) is 75.9 cm³/mol. The van der Waals surface area contributed by atoms with E-state index >= 15 is 0 Å². The summed E-state index contributed by atoms with van der Waals surface area (Å²) in [6.07, 6.45) is 3.17. The van der Waals surface area contributed by atoms with Gasteiger partial charge in [-0.05, 0) is 45.0 Å². The van der Waals surface area contributed by atoms with Gasteiger partial charge in [0.2, 0.25) is 0 Å². The molecule has 6 nitrogen and oxygen atoms in total. The van der Waals surface area contributed by atoms with Crippen molar-refractivity contribution in [1.82, 2.24) is 9.27 Å². The number of nitrogens with zero attached hydrogens (tertiary/aromatic N) is 2. The number of hydrogen-bond donors (Lipinski definition) is 2. The molecule has 0 aliphatic rings. The van der Waals surface area contributed by atoms with Crippen LogP contribution in [0.1, 0.15) is 12.8 Å². The molecule has 0 aliphatic carbocycles. The van der Waals surface area contributed by atoms with Gasteiger partial charge in [-0.3, -0.25) is 0 Å². The molecular weight excluding hydrogens is 272 g/mol. The van der Waals surface area contributed by atoms with Gasteiger partial charge in [0, 0.05) is 12.8 Å². The van der Waals surface area contributed by atoms with Gasteiger partial charge in [0.1, 0.15) is 9.90 Å². The first kappa shape index (κ1) is 15.2. The number of nitrogens with one attached hydrogen (secondary N) is 1. The molecule has 8 heteroatoms. The van der Waals surface area contributed by atoms with E-state index in [2.05, 4.69) is 14.6 Å². The van der Waals surface area contributed by atoms with Crippen LogP contribution in [-0.4, -0.2) is 51.1 Å². The van der Waals surface area contributed by atoms with E-state index in [-0.39, 0.29) is 10.7 Å². The summed E-state index contributed by atoms with van der Waals surface area (Å²) in [5.41, 5.74) is 5.57. The van der Waals surface area contributed by atoms with Gasteiger partial charge in [-0.1, -0.05) is 0 Å². The molecule has 0 spiro atoms. The highest BCUT2D eigenvalue weighted by Crippen LogP contribution is 2.31. The van der Waals surface area contributed by atoms with Crippen LogP contribution in [0.3, 0.4) is 0 Å². The van der Waals surface area contributed by atoms with E-state index in [0.29, 0.717) is 5.00 Å². The maximum absolute atomic E-state index is 11.6. The molecule has 0 atom stereocenters. The Morgan fingerprint density at radius 3 is 2.61 bits per heavy atom. The average molecular weight is 292 g/mol. The number of unbranched alkanes of at least 4 members (excludes halogenated alkanes) is 1. The van der Waals surface area contributed by atoms with E-state index < -0.39 is 9.84 Å². The Kier molecular flexibility index (Phi) is 5.36. The van der Waals surface area contributed by atoms with Crippen LogP contribution in [0.15, 0.2) is 4.90 Å². The molecule has 1 aromatic heterocycles. The second-order valence-electron chi connectivity index (χ2n) is 4.44. The van der Waals surface area contributed by atoms with Gasteiger partial charge in [0.15, 0.2) is 15.7 Å². The topological polar surface area (TPSA) is 88.3 Å². The molecule has 0 amide bonds. The maximum Gasteiger partial charge on any atom is 0.182 e. The molecule has 0 unspecified atom stereocenters. The zero-order chi connectivity index (χ0) is 13.8. The summed E-state index contributed by atoms with van der Waals surface area (Å²) >= 11 is 1.09.